The van der Waals surface area contributed by atoms with E-state index in [0.717, 1.165) is 12.8 Å². The van der Waals surface area contributed by atoms with Crippen molar-refractivity contribution >= 4 is 11.8 Å². The van der Waals surface area contributed by atoms with Crippen molar-refractivity contribution in [3.8, 4) is 0 Å². The first-order valence-electron chi connectivity index (χ1n) is 6.34. The number of carboxylic acid groups (broad SMARTS) is 1. The maximum Gasteiger partial charge on any atom is 0.334 e. The van der Waals surface area contributed by atoms with Crippen molar-refractivity contribution in [2.45, 2.75) is 24.9 Å². The Hall–Kier alpha value is -1.89. The van der Waals surface area contributed by atoms with Gasteiger partial charge in [-0.1, -0.05) is 0 Å². The van der Waals surface area contributed by atoms with E-state index in [9.17, 15) is 9.59 Å². The highest BCUT2D eigenvalue weighted by Gasteiger charge is 2.30. The molecule has 1 aromatic rings. The van der Waals surface area contributed by atoms with Gasteiger partial charge in [0.1, 0.15) is 11.6 Å². The average Bonchev–Trinajstić information content (AvgIpc) is 3.22. The fourth-order valence-corrected chi connectivity index (χ4v) is 2.18. The van der Waals surface area contributed by atoms with E-state index in [1.165, 1.54) is 6.07 Å². The number of rotatable bonds is 3. The second-order valence-electron chi connectivity index (χ2n) is 4.91. The van der Waals surface area contributed by atoms with Crippen molar-refractivity contribution in [2.75, 3.05) is 24.6 Å². The van der Waals surface area contributed by atoms with Crippen LogP contribution in [-0.4, -0.2) is 46.8 Å². The summed E-state index contributed by atoms with van der Waals surface area (Å²) in [4.78, 5) is 31.5. The van der Waals surface area contributed by atoms with E-state index < -0.39 is 12.1 Å². The lowest BCUT2D eigenvalue weighted by Gasteiger charge is -2.31. The Morgan fingerprint density at radius 1 is 1.53 bits per heavy atom. The Morgan fingerprint density at radius 2 is 2.32 bits per heavy atom. The molecule has 1 aromatic heterocycles. The zero-order valence-corrected chi connectivity index (χ0v) is 10.3. The third kappa shape index (κ3) is 2.60. The summed E-state index contributed by atoms with van der Waals surface area (Å²) in [7, 11) is 0. The van der Waals surface area contributed by atoms with Gasteiger partial charge in [0, 0.05) is 18.5 Å². The second kappa shape index (κ2) is 4.65. The topological polar surface area (TPSA) is 95.5 Å². The molecule has 2 N–H and O–H groups in total. The minimum absolute atomic E-state index is 0.190. The van der Waals surface area contributed by atoms with Crippen molar-refractivity contribution in [1.82, 2.24) is 9.97 Å². The Kier molecular flexibility index (Phi) is 2.98. The number of carbonyl (C=O) groups is 1. The lowest BCUT2D eigenvalue weighted by atomic mass is 10.2. The van der Waals surface area contributed by atoms with Gasteiger partial charge >= 0.3 is 5.97 Å². The fraction of sp³-hybridized carbons (Fsp3) is 0.583. The zero-order chi connectivity index (χ0) is 13.4. The van der Waals surface area contributed by atoms with Gasteiger partial charge < -0.3 is 19.7 Å². The minimum Gasteiger partial charge on any atom is -0.479 e. The molecule has 0 aromatic carbocycles. The van der Waals surface area contributed by atoms with Gasteiger partial charge in [-0.2, -0.15) is 0 Å². The van der Waals surface area contributed by atoms with Crippen LogP contribution in [0.3, 0.4) is 0 Å². The maximum atomic E-state index is 11.6. The molecule has 102 valence electrons. The van der Waals surface area contributed by atoms with Crippen molar-refractivity contribution in [2.24, 2.45) is 0 Å². The normalized spacial score (nSPS) is 23.4. The van der Waals surface area contributed by atoms with Gasteiger partial charge in [-0.05, 0) is 12.8 Å². The molecule has 1 saturated carbocycles. The first-order chi connectivity index (χ1) is 9.13. The van der Waals surface area contributed by atoms with Gasteiger partial charge in [-0.3, -0.25) is 4.79 Å². The molecule has 2 aliphatic rings. The number of hydrogen-bond donors (Lipinski definition) is 2. The van der Waals surface area contributed by atoms with E-state index in [1.807, 2.05) is 0 Å². The van der Waals surface area contributed by atoms with Crippen LogP contribution < -0.4 is 10.5 Å². The summed E-state index contributed by atoms with van der Waals surface area (Å²) >= 11 is 0. The average molecular weight is 265 g/mol. The van der Waals surface area contributed by atoms with Crippen LogP contribution in [0.4, 0.5) is 5.82 Å². The van der Waals surface area contributed by atoms with Crippen molar-refractivity contribution in [3.63, 3.8) is 0 Å². The molecule has 0 bridgehead atoms. The summed E-state index contributed by atoms with van der Waals surface area (Å²) in [5.74, 6) is 0.613. The number of H-pyrrole nitrogens is 1. The summed E-state index contributed by atoms with van der Waals surface area (Å²) < 4.78 is 5.16. The molecule has 1 unspecified atom stereocenters. The highest BCUT2D eigenvalue weighted by atomic mass is 16.5. The number of carboxylic acids is 1. The number of ether oxygens (including phenoxy) is 1. The number of aliphatic carboxylic acids is 1. The number of aromatic nitrogens is 2. The van der Waals surface area contributed by atoms with Crippen molar-refractivity contribution in [1.29, 1.82) is 0 Å². The molecule has 1 aliphatic carbocycles. The fourth-order valence-electron chi connectivity index (χ4n) is 2.18. The Bertz CT molecular complexity index is 552. The summed E-state index contributed by atoms with van der Waals surface area (Å²) in [5, 5.41) is 8.97. The number of aromatic amines is 1. The number of hydrogen-bond acceptors (Lipinski definition) is 5. The molecule has 0 spiro atoms. The first-order valence-corrected chi connectivity index (χ1v) is 6.34. The van der Waals surface area contributed by atoms with Gasteiger partial charge in [0.15, 0.2) is 6.10 Å². The Morgan fingerprint density at radius 3 is 3.00 bits per heavy atom. The predicted molar refractivity (Wildman–Crippen MR) is 66.4 cm³/mol. The van der Waals surface area contributed by atoms with Gasteiger partial charge in [0.25, 0.3) is 5.56 Å². The zero-order valence-electron chi connectivity index (χ0n) is 10.3. The number of nitrogens with one attached hydrogen (secondary N) is 1. The molecule has 1 saturated heterocycles. The molecular formula is C12H15N3O4. The molecule has 2 fully saturated rings. The molecule has 2 heterocycles. The molecule has 1 atom stereocenters. The van der Waals surface area contributed by atoms with E-state index in [-0.39, 0.29) is 12.1 Å². The molecule has 0 amide bonds. The Labute approximate surface area is 109 Å². The largest absolute Gasteiger partial charge is 0.479 e. The first kappa shape index (κ1) is 12.2. The van der Waals surface area contributed by atoms with Crippen LogP contribution in [-0.2, 0) is 9.53 Å². The Balaban J connectivity index is 1.84. The molecular weight excluding hydrogens is 250 g/mol. The van der Waals surface area contributed by atoms with Crippen LogP contribution >= 0.6 is 0 Å². The monoisotopic (exact) mass is 265 g/mol. The van der Waals surface area contributed by atoms with E-state index in [0.29, 0.717) is 30.7 Å². The SMILES string of the molecule is O=C(O)C1CN(c2cc(=O)[nH]c(C3CC3)n2)CCO1. The van der Waals surface area contributed by atoms with E-state index in [2.05, 4.69) is 9.97 Å². The van der Waals surface area contributed by atoms with Crippen LogP contribution in [0.2, 0.25) is 0 Å². The van der Waals surface area contributed by atoms with Gasteiger partial charge in [0.2, 0.25) is 0 Å². The van der Waals surface area contributed by atoms with Crippen LogP contribution in [0.5, 0.6) is 0 Å². The van der Waals surface area contributed by atoms with E-state index in [1.54, 1.807) is 4.90 Å². The molecule has 7 nitrogen and oxygen atoms in total. The van der Waals surface area contributed by atoms with E-state index in [4.69, 9.17) is 9.84 Å². The summed E-state index contributed by atoms with van der Waals surface area (Å²) in [6.07, 6.45) is 1.24. The van der Waals surface area contributed by atoms with E-state index >= 15 is 0 Å². The predicted octanol–water partition coefficient (Wildman–Crippen LogP) is -0.0629. The third-order valence-electron chi connectivity index (χ3n) is 3.38. The van der Waals surface area contributed by atoms with Crippen molar-refractivity contribution < 1.29 is 14.6 Å². The second-order valence-corrected chi connectivity index (χ2v) is 4.91. The standard InChI is InChI=1S/C12H15N3O4/c16-10-5-9(13-11(14-10)7-1-2-7)15-3-4-19-8(6-15)12(17)18/h5,7-8H,1-4,6H2,(H,17,18)(H,13,14,16). The molecule has 1 aliphatic heterocycles. The summed E-state index contributed by atoms with van der Waals surface area (Å²) in [5.41, 5.74) is -0.190. The lowest BCUT2D eigenvalue weighted by molar-refractivity contribution is -0.150. The van der Waals surface area contributed by atoms with Crippen LogP contribution in [0.1, 0.15) is 24.6 Å². The van der Waals surface area contributed by atoms with Gasteiger partial charge in [0.05, 0.1) is 13.2 Å². The number of nitrogens with zero attached hydrogens (tertiary/aromatic N) is 2. The number of morpholine rings is 1. The van der Waals surface area contributed by atoms with Gasteiger partial charge in [-0.25, -0.2) is 9.78 Å². The summed E-state index contributed by atoms with van der Waals surface area (Å²) in [6.45, 7) is 1.09. The third-order valence-corrected chi connectivity index (χ3v) is 3.38. The minimum atomic E-state index is -0.989. The highest BCUT2D eigenvalue weighted by molar-refractivity contribution is 5.73. The highest BCUT2D eigenvalue weighted by Crippen LogP contribution is 2.37. The molecule has 3 rings (SSSR count). The lowest BCUT2D eigenvalue weighted by Crippen LogP contribution is -2.46. The number of anilines is 1. The van der Waals surface area contributed by atoms with Crippen LogP contribution in [0.15, 0.2) is 10.9 Å². The molecule has 7 heteroatoms. The smallest absolute Gasteiger partial charge is 0.334 e. The van der Waals surface area contributed by atoms with Crippen LogP contribution in [0.25, 0.3) is 0 Å². The van der Waals surface area contributed by atoms with Crippen molar-refractivity contribution in [3.05, 3.63) is 22.2 Å². The van der Waals surface area contributed by atoms with Crippen LogP contribution in [0, 0.1) is 0 Å². The molecule has 0 radical (unpaired) electrons. The maximum absolute atomic E-state index is 11.6. The van der Waals surface area contributed by atoms with Gasteiger partial charge in [-0.15, -0.1) is 0 Å². The summed E-state index contributed by atoms with van der Waals surface area (Å²) in [6, 6.07) is 1.41. The molecule has 19 heavy (non-hydrogen) atoms. The quantitative estimate of drug-likeness (QED) is 0.794.